The summed E-state index contributed by atoms with van der Waals surface area (Å²) in [6, 6.07) is 23.6. The van der Waals surface area contributed by atoms with Crippen LogP contribution >= 0.6 is 0 Å². The summed E-state index contributed by atoms with van der Waals surface area (Å²) in [4.78, 5) is 77.0. The minimum atomic E-state index is -1.97. The quantitative estimate of drug-likeness (QED) is 0.208. The third-order valence-corrected chi connectivity index (χ3v) is 8.44. The van der Waals surface area contributed by atoms with Gasteiger partial charge in [-0.25, -0.2) is 14.4 Å². The van der Waals surface area contributed by atoms with Gasteiger partial charge in [0.25, 0.3) is 0 Å². The maximum atomic E-state index is 13.7. The monoisotopic (exact) mass is 764 g/mol. The molecule has 16 heteroatoms. The molecule has 0 aliphatic carbocycles. The first-order chi connectivity index (χ1) is 26.3. The minimum absolute atomic E-state index is 0.0768. The van der Waals surface area contributed by atoms with Gasteiger partial charge in [0.15, 0.2) is 49.2 Å². The average molecular weight is 765 g/mol. The lowest BCUT2D eigenvalue weighted by Gasteiger charge is -2.47. The fraction of sp³-hybridized carbons (Fsp3) is 0.385. The summed E-state index contributed by atoms with van der Waals surface area (Å²) in [5, 5.41) is 11.3. The van der Waals surface area contributed by atoms with E-state index in [9.17, 15) is 33.9 Å². The van der Waals surface area contributed by atoms with E-state index in [0.717, 1.165) is 20.8 Å². The van der Waals surface area contributed by atoms with Crippen LogP contribution in [0, 0.1) is 0 Å². The molecule has 0 aromatic heterocycles. The predicted octanol–water partition coefficient (Wildman–Crippen LogP) is 2.94. The average Bonchev–Trinajstić information content (AvgIpc) is 3.16. The van der Waals surface area contributed by atoms with E-state index >= 15 is 0 Å². The van der Waals surface area contributed by atoms with E-state index in [2.05, 4.69) is 0 Å². The van der Waals surface area contributed by atoms with Gasteiger partial charge in [0.1, 0.15) is 12.7 Å². The van der Waals surface area contributed by atoms with E-state index in [-0.39, 0.29) is 16.7 Å². The summed E-state index contributed by atoms with van der Waals surface area (Å²) >= 11 is 0. The van der Waals surface area contributed by atoms with Crippen molar-refractivity contribution in [1.29, 1.82) is 0 Å². The van der Waals surface area contributed by atoms with Crippen molar-refractivity contribution >= 4 is 35.8 Å². The Morgan fingerprint density at radius 1 is 0.527 bits per heavy atom. The van der Waals surface area contributed by atoms with Crippen LogP contribution in [0.4, 0.5) is 0 Å². The van der Waals surface area contributed by atoms with E-state index < -0.39 is 104 Å². The van der Waals surface area contributed by atoms with Gasteiger partial charge in [-0.3, -0.25) is 14.4 Å². The van der Waals surface area contributed by atoms with Crippen LogP contribution in [-0.4, -0.2) is 109 Å². The Kier molecular flexibility index (Phi) is 13.7. The van der Waals surface area contributed by atoms with Crippen molar-refractivity contribution in [3.05, 3.63) is 108 Å². The Labute approximate surface area is 315 Å². The zero-order valence-corrected chi connectivity index (χ0v) is 30.2. The maximum Gasteiger partial charge on any atom is 0.338 e. The van der Waals surface area contributed by atoms with Gasteiger partial charge in [0, 0.05) is 20.8 Å². The number of rotatable bonds is 12. The lowest BCUT2D eigenvalue weighted by molar-refractivity contribution is -0.358. The van der Waals surface area contributed by atoms with Gasteiger partial charge in [-0.15, -0.1) is 0 Å². The van der Waals surface area contributed by atoms with Crippen LogP contribution in [0.25, 0.3) is 0 Å². The molecule has 2 fully saturated rings. The number of benzene rings is 3. The van der Waals surface area contributed by atoms with Crippen LogP contribution in [0.15, 0.2) is 91.0 Å². The summed E-state index contributed by atoms with van der Waals surface area (Å²) in [6.07, 6.45) is -15.9. The molecular formula is C39H40O16. The molecule has 1 N–H and O–H groups in total. The van der Waals surface area contributed by atoms with Gasteiger partial charge in [-0.1, -0.05) is 54.6 Å². The van der Waals surface area contributed by atoms with Crippen LogP contribution in [-0.2, 0) is 57.0 Å². The van der Waals surface area contributed by atoms with Crippen molar-refractivity contribution in [2.75, 3.05) is 6.61 Å². The molecule has 0 bridgehead atoms. The van der Waals surface area contributed by atoms with Crippen molar-refractivity contribution in [3.8, 4) is 0 Å². The van der Waals surface area contributed by atoms with E-state index in [4.69, 9.17) is 42.6 Å². The second-order valence-corrected chi connectivity index (χ2v) is 12.5. The Balaban J connectivity index is 1.56. The second-order valence-electron chi connectivity index (χ2n) is 12.5. The molecule has 3 aromatic rings. The molecule has 0 radical (unpaired) electrons. The number of carbonyl (C=O) groups excluding carboxylic acids is 6. The summed E-state index contributed by atoms with van der Waals surface area (Å²) in [6.45, 7) is 4.21. The van der Waals surface area contributed by atoms with Gasteiger partial charge in [0.2, 0.25) is 0 Å². The summed E-state index contributed by atoms with van der Waals surface area (Å²) in [5.41, 5.74) is 0.341. The summed E-state index contributed by atoms with van der Waals surface area (Å²) in [5.74, 6) is -5.08. The molecule has 292 valence electrons. The minimum Gasteiger partial charge on any atom is -0.463 e. The highest BCUT2D eigenvalue weighted by Gasteiger charge is 2.56. The van der Waals surface area contributed by atoms with Gasteiger partial charge >= 0.3 is 35.8 Å². The van der Waals surface area contributed by atoms with Crippen LogP contribution in [0.1, 0.15) is 58.8 Å². The van der Waals surface area contributed by atoms with E-state index in [1.807, 2.05) is 0 Å². The van der Waals surface area contributed by atoms with Gasteiger partial charge < -0.3 is 47.7 Å². The van der Waals surface area contributed by atoms with Crippen LogP contribution in [0.2, 0.25) is 0 Å². The standard InChI is InChI=1S/C39H40O16/c1-21-29(52-35(43)25-14-8-5-9-15-25)31(53-36(44)26-16-10-6-11-17-26)34(54-37(45)27-18-12-7-13-19-27)39(48-21)55-33-32(50-24(4)42)30(49-23(3)41)28(51-38(33)46)20-47-22(2)40/h5-19,21,28-34,38-39,46H,20H2,1-4H3/t21-,28+,29+,30-,31+,32-,33+,34-,38-,39-/m0/s1. The zero-order valence-electron chi connectivity index (χ0n) is 30.2. The van der Waals surface area contributed by atoms with Crippen molar-refractivity contribution in [3.63, 3.8) is 0 Å². The first-order valence-corrected chi connectivity index (χ1v) is 17.2. The predicted molar refractivity (Wildman–Crippen MR) is 185 cm³/mol. The van der Waals surface area contributed by atoms with Crippen molar-refractivity contribution in [1.82, 2.24) is 0 Å². The normalized spacial score (nSPS) is 27.4. The van der Waals surface area contributed by atoms with E-state index in [1.54, 1.807) is 54.6 Å². The third-order valence-electron chi connectivity index (χ3n) is 8.44. The largest absolute Gasteiger partial charge is 0.463 e. The Bertz CT molecular complexity index is 1800. The number of esters is 6. The third kappa shape index (κ3) is 10.5. The van der Waals surface area contributed by atoms with Gasteiger partial charge in [0.05, 0.1) is 22.8 Å². The molecule has 0 saturated carbocycles. The fourth-order valence-corrected chi connectivity index (χ4v) is 5.99. The van der Waals surface area contributed by atoms with E-state index in [0.29, 0.717) is 0 Å². The SMILES string of the molecule is CC(=O)OC[C@H]1O[C@H](O)[C@H](O[C@@H]2O[C@@H](C)[C@@H](OC(=O)c3ccccc3)[C@@H](OC(=O)c3ccccc3)[C@@H]2OC(=O)c2ccccc2)[C@@H](OC(C)=O)[C@H]1OC(C)=O. The second kappa shape index (κ2) is 18.6. The zero-order chi connectivity index (χ0) is 39.6. The molecule has 10 atom stereocenters. The molecule has 2 aliphatic rings. The summed E-state index contributed by atoms with van der Waals surface area (Å²) < 4.78 is 51.9. The van der Waals surface area contributed by atoms with Crippen molar-refractivity contribution in [2.24, 2.45) is 0 Å². The first-order valence-electron chi connectivity index (χ1n) is 17.2. The molecule has 0 unspecified atom stereocenters. The number of hydrogen-bond acceptors (Lipinski definition) is 16. The smallest absolute Gasteiger partial charge is 0.338 e. The molecule has 2 saturated heterocycles. The van der Waals surface area contributed by atoms with E-state index in [1.165, 1.54) is 43.3 Å². The molecule has 2 aliphatic heterocycles. The number of aliphatic hydroxyl groups excluding tert-OH is 1. The van der Waals surface area contributed by atoms with Gasteiger partial charge in [-0.05, 0) is 43.3 Å². The molecule has 3 aromatic carbocycles. The first kappa shape index (κ1) is 40.5. The Morgan fingerprint density at radius 3 is 1.40 bits per heavy atom. The molecule has 16 nitrogen and oxygen atoms in total. The highest BCUT2D eigenvalue weighted by Crippen LogP contribution is 2.35. The highest BCUT2D eigenvalue weighted by molar-refractivity contribution is 5.91. The molecule has 0 amide bonds. The lowest BCUT2D eigenvalue weighted by Crippen LogP contribution is -2.66. The van der Waals surface area contributed by atoms with Crippen molar-refractivity contribution < 1.29 is 76.5 Å². The maximum absolute atomic E-state index is 13.7. The van der Waals surface area contributed by atoms with Crippen LogP contribution < -0.4 is 0 Å². The number of ether oxygens (including phenoxy) is 9. The Morgan fingerprint density at radius 2 is 0.945 bits per heavy atom. The highest BCUT2D eigenvalue weighted by atomic mass is 16.8. The summed E-state index contributed by atoms with van der Waals surface area (Å²) in [7, 11) is 0. The molecule has 0 spiro atoms. The number of hydrogen-bond donors (Lipinski definition) is 1. The van der Waals surface area contributed by atoms with Crippen LogP contribution in [0.3, 0.4) is 0 Å². The molecule has 2 heterocycles. The Hall–Kier alpha value is -5.68. The number of aliphatic hydroxyl groups is 1. The van der Waals surface area contributed by atoms with Gasteiger partial charge in [-0.2, -0.15) is 0 Å². The van der Waals surface area contributed by atoms with Crippen LogP contribution in [0.5, 0.6) is 0 Å². The molecule has 5 rings (SSSR count). The van der Waals surface area contributed by atoms with Crippen molar-refractivity contribution in [2.45, 2.75) is 89.1 Å². The fourth-order valence-electron chi connectivity index (χ4n) is 5.99. The topological polar surface area (TPSA) is 206 Å². The lowest BCUT2D eigenvalue weighted by atomic mass is 9.96. The molecular weight excluding hydrogens is 724 g/mol. The number of carbonyl (C=O) groups is 6. The molecule has 55 heavy (non-hydrogen) atoms.